The number of sulfonamides is 1. The number of halogens is 1. The topological polar surface area (TPSA) is 99.0 Å². The number of urea groups is 1. The largest absolute Gasteiger partial charge is 0.368 e. The number of hydrogen-bond acceptors (Lipinski definition) is 6. The fourth-order valence-electron chi connectivity index (χ4n) is 4.57. The van der Waals surface area contributed by atoms with Crippen molar-refractivity contribution in [3.05, 3.63) is 88.9 Å². The predicted molar refractivity (Wildman–Crippen MR) is 137 cm³/mol. The Morgan fingerprint density at radius 3 is 2.20 bits per heavy atom. The van der Waals surface area contributed by atoms with Gasteiger partial charge in [-0.25, -0.2) is 13.2 Å². The highest BCUT2D eigenvalue weighted by Crippen LogP contribution is 2.45. The normalized spacial score (nSPS) is 18.3. The highest BCUT2D eigenvalue weighted by atomic mass is 35.5. The number of nitrogens with two attached hydrogens (primary N) is 1. The van der Waals surface area contributed by atoms with Gasteiger partial charge in [0.1, 0.15) is 11.1 Å². The fraction of sp³-hybridized carbons (Fsp3) is 0.240. The van der Waals surface area contributed by atoms with Crippen molar-refractivity contribution in [3.63, 3.8) is 0 Å². The van der Waals surface area contributed by atoms with Gasteiger partial charge < -0.3 is 16.0 Å². The van der Waals surface area contributed by atoms with Crippen molar-refractivity contribution in [2.75, 3.05) is 36.0 Å². The molecule has 0 saturated carbocycles. The van der Waals surface area contributed by atoms with Gasteiger partial charge in [-0.05, 0) is 23.3 Å². The van der Waals surface area contributed by atoms with Crippen molar-refractivity contribution < 1.29 is 13.2 Å². The minimum Gasteiger partial charge on any atom is -0.368 e. The molecule has 2 aliphatic rings. The fourth-order valence-corrected chi connectivity index (χ4v) is 6.58. The zero-order valence-electron chi connectivity index (χ0n) is 19.0. The molecule has 0 unspecified atom stereocenters. The number of carbonyl (C=O) groups excluding carboxylic acids is 1. The lowest BCUT2D eigenvalue weighted by Crippen LogP contribution is -2.54. The molecule has 0 spiro atoms. The van der Waals surface area contributed by atoms with E-state index >= 15 is 0 Å². The molecule has 10 heteroatoms. The van der Waals surface area contributed by atoms with Crippen LogP contribution in [0.25, 0.3) is 0 Å². The molecule has 0 aliphatic carbocycles. The molecule has 3 N–H and O–H groups in total. The molecule has 182 valence electrons. The zero-order valence-corrected chi connectivity index (χ0v) is 20.5. The predicted octanol–water partition coefficient (Wildman–Crippen LogP) is 3.54. The maximum absolute atomic E-state index is 14.1. The van der Waals surface area contributed by atoms with E-state index in [4.69, 9.17) is 17.3 Å². The summed E-state index contributed by atoms with van der Waals surface area (Å²) < 4.78 is 29.0. The number of nitrogens with one attached hydrogen (secondary N) is 1. The Kier molecular flexibility index (Phi) is 6.41. The van der Waals surface area contributed by atoms with Crippen LogP contribution in [0, 0.1) is 0 Å². The van der Waals surface area contributed by atoms with Gasteiger partial charge in [-0.3, -0.25) is 4.90 Å². The molecule has 2 amide bonds. The Labute approximate surface area is 209 Å². The van der Waals surface area contributed by atoms with Crippen LogP contribution in [0.2, 0.25) is 5.02 Å². The molecule has 1 atom stereocenters. The summed E-state index contributed by atoms with van der Waals surface area (Å²) in [5.74, 6) is 0. The molecule has 3 aromatic rings. The Morgan fingerprint density at radius 1 is 0.943 bits per heavy atom. The zero-order chi connectivity index (χ0) is 24.6. The van der Waals surface area contributed by atoms with E-state index in [0.29, 0.717) is 42.5 Å². The van der Waals surface area contributed by atoms with Crippen LogP contribution in [0.3, 0.4) is 0 Å². The van der Waals surface area contributed by atoms with Gasteiger partial charge in [-0.2, -0.15) is 4.31 Å². The minimum atomic E-state index is -4.30. The molecule has 0 aromatic heterocycles. The van der Waals surface area contributed by atoms with Crippen LogP contribution < -0.4 is 20.9 Å². The van der Waals surface area contributed by atoms with E-state index in [2.05, 4.69) is 5.32 Å². The summed E-state index contributed by atoms with van der Waals surface area (Å²) in [5, 5.41) is 3.64. The van der Waals surface area contributed by atoms with Gasteiger partial charge in [0, 0.05) is 31.2 Å². The Hall–Kier alpha value is -3.11. The van der Waals surface area contributed by atoms with E-state index in [1.807, 2.05) is 41.3 Å². The van der Waals surface area contributed by atoms with E-state index in [0.717, 1.165) is 9.87 Å². The molecular weight excluding hydrogens is 486 g/mol. The molecule has 2 aliphatic heterocycles. The number of piperazine rings is 1. The van der Waals surface area contributed by atoms with Gasteiger partial charge in [0.05, 0.1) is 17.9 Å². The van der Waals surface area contributed by atoms with Crippen LogP contribution in [0.4, 0.5) is 16.2 Å². The second-order valence-electron chi connectivity index (χ2n) is 8.52. The highest BCUT2D eigenvalue weighted by molar-refractivity contribution is 7.90. The SMILES string of the molecule is N[C@H](c1ccccc1)N1C(=O)N(Cc2ccccc2)c2cc(Cl)cc(N3CCNCC3)c2S1(=O)=O. The van der Waals surface area contributed by atoms with Gasteiger partial charge in [0.15, 0.2) is 0 Å². The lowest BCUT2D eigenvalue weighted by molar-refractivity contribution is 0.217. The lowest BCUT2D eigenvalue weighted by atomic mass is 10.1. The summed E-state index contributed by atoms with van der Waals surface area (Å²) in [6.45, 7) is 2.81. The molecule has 5 rings (SSSR count). The van der Waals surface area contributed by atoms with E-state index < -0.39 is 22.2 Å². The number of carbonyl (C=O) groups is 1. The van der Waals surface area contributed by atoms with E-state index in [1.54, 1.807) is 36.4 Å². The second-order valence-corrected chi connectivity index (χ2v) is 10.7. The molecule has 35 heavy (non-hydrogen) atoms. The molecule has 8 nitrogen and oxygen atoms in total. The standard InChI is InChI=1S/C25H26ClN5O3S/c26-20-15-21(29-13-11-28-12-14-29)23-22(16-20)30(17-18-7-3-1-4-8-18)25(32)31(35(23,33)34)24(27)19-9-5-2-6-10-19/h1-10,15-16,24,28H,11-14,17,27H2/t24-/m0/s1. The average Bonchev–Trinajstić information content (AvgIpc) is 2.87. The van der Waals surface area contributed by atoms with Crippen molar-refractivity contribution in [3.8, 4) is 0 Å². The first kappa shape index (κ1) is 23.6. The van der Waals surface area contributed by atoms with Crippen molar-refractivity contribution in [1.29, 1.82) is 0 Å². The van der Waals surface area contributed by atoms with E-state index in [9.17, 15) is 13.2 Å². The third kappa shape index (κ3) is 4.36. The van der Waals surface area contributed by atoms with E-state index in [1.165, 1.54) is 4.90 Å². The number of amides is 2. The van der Waals surface area contributed by atoms with Crippen LogP contribution in [0.15, 0.2) is 77.7 Å². The van der Waals surface area contributed by atoms with Gasteiger partial charge in [-0.15, -0.1) is 0 Å². The molecule has 1 saturated heterocycles. The Balaban J connectivity index is 1.71. The number of rotatable bonds is 5. The first-order valence-electron chi connectivity index (χ1n) is 11.4. The smallest absolute Gasteiger partial charge is 0.340 e. The molecule has 1 fully saturated rings. The van der Waals surface area contributed by atoms with Gasteiger partial charge in [0.25, 0.3) is 10.0 Å². The van der Waals surface area contributed by atoms with Gasteiger partial charge >= 0.3 is 6.03 Å². The first-order valence-corrected chi connectivity index (χ1v) is 13.2. The molecular formula is C25H26ClN5O3S. The third-order valence-electron chi connectivity index (χ3n) is 6.28. The maximum Gasteiger partial charge on any atom is 0.340 e. The van der Waals surface area contributed by atoms with Crippen molar-refractivity contribution in [1.82, 2.24) is 9.62 Å². The number of nitrogens with zero attached hydrogens (tertiary/aromatic N) is 3. The van der Waals surface area contributed by atoms with Crippen LogP contribution in [0.5, 0.6) is 0 Å². The van der Waals surface area contributed by atoms with Crippen molar-refractivity contribution in [2.45, 2.75) is 17.6 Å². The Bertz CT molecular complexity index is 1330. The van der Waals surface area contributed by atoms with Crippen LogP contribution in [-0.2, 0) is 16.6 Å². The summed E-state index contributed by atoms with van der Waals surface area (Å²) in [6.07, 6.45) is -1.19. The summed E-state index contributed by atoms with van der Waals surface area (Å²) in [7, 11) is -4.30. The minimum absolute atomic E-state index is 0.0470. The number of benzene rings is 3. The number of fused-ring (bicyclic) bond motifs is 1. The third-order valence-corrected chi connectivity index (χ3v) is 8.33. The van der Waals surface area contributed by atoms with Crippen LogP contribution in [0.1, 0.15) is 17.3 Å². The maximum atomic E-state index is 14.1. The molecule has 3 aromatic carbocycles. The number of anilines is 2. The van der Waals surface area contributed by atoms with Crippen molar-refractivity contribution >= 4 is 39.0 Å². The van der Waals surface area contributed by atoms with Gasteiger partial charge in [-0.1, -0.05) is 72.3 Å². The molecule has 0 bridgehead atoms. The lowest BCUT2D eigenvalue weighted by Gasteiger charge is -2.41. The molecule has 0 radical (unpaired) electrons. The summed E-state index contributed by atoms with van der Waals surface area (Å²) >= 11 is 6.49. The summed E-state index contributed by atoms with van der Waals surface area (Å²) in [5.41, 5.74) is 8.56. The number of hydrogen-bond donors (Lipinski definition) is 2. The van der Waals surface area contributed by atoms with Crippen molar-refractivity contribution in [2.24, 2.45) is 5.73 Å². The van der Waals surface area contributed by atoms with Crippen LogP contribution >= 0.6 is 11.6 Å². The van der Waals surface area contributed by atoms with E-state index in [-0.39, 0.29) is 17.1 Å². The Morgan fingerprint density at radius 2 is 1.54 bits per heavy atom. The van der Waals surface area contributed by atoms with Gasteiger partial charge in [0.2, 0.25) is 0 Å². The summed E-state index contributed by atoms with van der Waals surface area (Å²) in [4.78, 5) is 17.3. The van der Waals surface area contributed by atoms with Crippen LogP contribution in [-0.4, -0.2) is 44.9 Å². The second kappa shape index (κ2) is 9.50. The monoisotopic (exact) mass is 511 g/mol. The average molecular weight is 512 g/mol. The quantitative estimate of drug-likeness (QED) is 0.543. The molecule has 2 heterocycles. The summed E-state index contributed by atoms with van der Waals surface area (Å²) in [6, 6.07) is 20.7. The first-order chi connectivity index (χ1) is 16.9. The highest BCUT2D eigenvalue weighted by Gasteiger charge is 2.47.